The number of nitrogens with zero attached hydrogens (tertiary/aromatic N) is 2. The number of hydrogen-bond acceptors (Lipinski definition) is 5. The highest BCUT2D eigenvalue weighted by atomic mass is 32.2. The van der Waals surface area contributed by atoms with Crippen molar-refractivity contribution >= 4 is 10.0 Å². The maximum atomic E-state index is 12.3. The minimum Gasteiger partial charge on any atom is -0.338 e. The van der Waals surface area contributed by atoms with E-state index in [1.54, 1.807) is 24.3 Å². The standard InChI is InChI=1S/C17H17N3O3S/c1-2-13-8-10-15(11-9-13)24(21,22)18-12-16-19-17(20-23-16)14-6-4-3-5-7-14/h3-11,18H,2,12H2,1H3. The molecule has 0 saturated heterocycles. The van der Waals surface area contributed by atoms with Gasteiger partial charge >= 0.3 is 0 Å². The zero-order chi connectivity index (χ0) is 17.0. The van der Waals surface area contributed by atoms with Crippen LogP contribution in [-0.2, 0) is 23.0 Å². The third kappa shape index (κ3) is 3.69. The molecule has 2 aromatic carbocycles. The molecule has 0 unspecified atom stereocenters. The predicted octanol–water partition coefficient (Wildman–Crippen LogP) is 2.78. The Kier molecular flexibility index (Phi) is 4.73. The van der Waals surface area contributed by atoms with E-state index in [9.17, 15) is 8.42 Å². The lowest BCUT2D eigenvalue weighted by Gasteiger charge is -2.05. The lowest BCUT2D eigenvalue weighted by atomic mass is 10.2. The van der Waals surface area contributed by atoms with Crippen LogP contribution in [0.25, 0.3) is 11.4 Å². The molecule has 0 saturated carbocycles. The van der Waals surface area contributed by atoms with Crippen molar-refractivity contribution in [3.63, 3.8) is 0 Å². The van der Waals surface area contributed by atoms with Crippen LogP contribution in [0.4, 0.5) is 0 Å². The SMILES string of the molecule is CCc1ccc(S(=O)(=O)NCc2nc(-c3ccccc3)no2)cc1. The molecule has 3 rings (SSSR count). The van der Waals surface area contributed by atoms with Crippen LogP contribution in [0.1, 0.15) is 18.4 Å². The summed E-state index contributed by atoms with van der Waals surface area (Å²) in [5.74, 6) is 0.639. The zero-order valence-corrected chi connectivity index (χ0v) is 14.0. The predicted molar refractivity (Wildman–Crippen MR) is 89.6 cm³/mol. The van der Waals surface area contributed by atoms with Gasteiger partial charge in [-0.25, -0.2) is 13.1 Å². The van der Waals surface area contributed by atoms with Gasteiger partial charge in [0.1, 0.15) is 0 Å². The van der Waals surface area contributed by atoms with Crippen molar-refractivity contribution in [2.75, 3.05) is 0 Å². The van der Waals surface area contributed by atoms with E-state index in [-0.39, 0.29) is 17.3 Å². The van der Waals surface area contributed by atoms with E-state index < -0.39 is 10.0 Å². The number of aromatic nitrogens is 2. The van der Waals surface area contributed by atoms with Crippen LogP contribution in [0.3, 0.4) is 0 Å². The molecule has 3 aromatic rings. The first-order valence-corrected chi connectivity index (χ1v) is 9.03. The Balaban J connectivity index is 1.69. The molecule has 7 heteroatoms. The topological polar surface area (TPSA) is 85.1 Å². The van der Waals surface area contributed by atoms with Crippen LogP contribution in [0.15, 0.2) is 64.0 Å². The maximum absolute atomic E-state index is 12.3. The van der Waals surface area contributed by atoms with Gasteiger partial charge in [-0.05, 0) is 24.1 Å². The van der Waals surface area contributed by atoms with Crippen molar-refractivity contribution < 1.29 is 12.9 Å². The van der Waals surface area contributed by atoms with Gasteiger partial charge in [0, 0.05) is 5.56 Å². The third-order valence-electron chi connectivity index (χ3n) is 3.56. The molecule has 0 amide bonds. The second kappa shape index (κ2) is 6.94. The summed E-state index contributed by atoms with van der Waals surface area (Å²) in [6.45, 7) is 1.96. The van der Waals surface area contributed by atoms with Crippen LogP contribution in [0, 0.1) is 0 Å². The van der Waals surface area contributed by atoms with Crippen molar-refractivity contribution in [1.29, 1.82) is 0 Å². The number of aryl methyl sites for hydroxylation is 1. The number of sulfonamides is 1. The van der Waals surface area contributed by atoms with Crippen LogP contribution >= 0.6 is 0 Å². The van der Waals surface area contributed by atoms with Gasteiger partial charge in [0.05, 0.1) is 11.4 Å². The van der Waals surface area contributed by atoms with E-state index in [0.717, 1.165) is 17.5 Å². The molecular formula is C17H17N3O3S. The Hall–Kier alpha value is -2.51. The van der Waals surface area contributed by atoms with Gasteiger partial charge in [0.2, 0.25) is 21.7 Å². The average Bonchev–Trinajstić information content (AvgIpc) is 3.10. The molecule has 0 fully saturated rings. The minimum absolute atomic E-state index is 0.0578. The maximum Gasteiger partial charge on any atom is 0.242 e. The fourth-order valence-electron chi connectivity index (χ4n) is 2.18. The Morgan fingerprint density at radius 3 is 2.42 bits per heavy atom. The lowest BCUT2D eigenvalue weighted by molar-refractivity contribution is 0.376. The Morgan fingerprint density at radius 2 is 1.75 bits per heavy atom. The molecule has 0 aliphatic rings. The molecule has 1 aromatic heterocycles. The summed E-state index contributed by atoms with van der Waals surface area (Å²) in [6, 6.07) is 16.1. The van der Waals surface area contributed by atoms with Gasteiger partial charge in [-0.1, -0.05) is 54.5 Å². The zero-order valence-electron chi connectivity index (χ0n) is 13.1. The van der Waals surface area contributed by atoms with Crippen LogP contribution < -0.4 is 4.72 Å². The summed E-state index contributed by atoms with van der Waals surface area (Å²) in [4.78, 5) is 4.41. The first kappa shape index (κ1) is 16.4. The third-order valence-corrected chi connectivity index (χ3v) is 4.97. The fraction of sp³-hybridized carbons (Fsp3) is 0.176. The van der Waals surface area contributed by atoms with E-state index >= 15 is 0 Å². The van der Waals surface area contributed by atoms with E-state index in [2.05, 4.69) is 14.9 Å². The molecule has 0 aliphatic carbocycles. The largest absolute Gasteiger partial charge is 0.338 e. The van der Waals surface area contributed by atoms with Crippen molar-refractivity contribution in [3.8, 4) is 11.4 Å². The van der Waals surface area contributed by atoms with Crippen molar-refractivity contribution in [2.45, 2.75) is 24.8 Å². The Bertz CT molecular complexity index is 904. The van der Waals surface area contributed by atoms with Crippen molar-refractivity contribution in [3.05, 3.63) is 66.1 Å². The summed E-state index contributed by atoms with van der Waals surface area (Å²) in [5.41, 5.74) is 1.89. The van der Waals surface area contributed by atoms with Gasteiger partial charge in [0.25, 0.3) is 0 Å². The molecule has 1 N–H and O–H groups in total. The summed E-state index contributed by atoms with van der Waals surface area (Å²) >= 11 is 0. The normalized spacial score (nSPS) is 11.5. The summed E-state index contributed by atoms with van der Waals surface area (Å²) in [7, 11) is -3.62. The molecule has 0 atom stereocenters. The quantitative estimate of drug-likeness (QED) is 0.744. The van der Waals surface area contributed by atoms with Gasteiger partial charge in [-0.2, -0.15) is 4.98 Å². The van der Waals surface area contributed by atoms with Crippen molar-refractivity contribution in [1.82, 2.24) is 14.9 Å². The molecule has 1 heterocycles. The van der Waals surface area contributed by atoms with Gasteiger partial charge in [-0.15, -0.1) is 0 Å². The molecule has 24 heavy (non-hydrogen) atoms. The number of benzene rings is 2. The van der Waals surface area contributed by atoms with Crippen molar-refractivity contribution in [2.24, 2.45) is 0 Å². The molecule has 0 spiro atoms. The minimum atomic E-state index is -3.62. The molecule has 0 bridgehead atoms. The molecule has 0 radical (unpaired) electrons. The number of hydrogen-bond donors (Lipinski definition) is 1. The average molecular weight is 343 g/mol. The molecule has 124 valence electrons. The van der Waals surface area contributed by atoms with Crippen LogP contribution in [-0.4, -0.2) is 18.6 Å². The smallest absolute Gasteiger partial charge is 0.242 e. The molecule has 0 aliphatic heterocycles. The highest BCUT2D eigenvalue weighted by Crippen LogP contribution is 2.15. The Morgan fingerprint density at radius 1 is 1.04 bits per heavy atom. The van der Waals surface area contributed by atoms with E-state index in [0.29, 0.717) is 5.82 Å². The number of nitrogens with one attached hydrogen (secondary N) is 1. The second-order valence-electron chi connectivity index (χ2n) is 5.20. The monoisotopic (exact) mass is 343 g/mol. The van der Waals surface area contributed by atoms with Gasteiger partial charge in [-0.3, -0.25) is 0 Å². The lowest BCUT2D eigenvalue weighted by Crippen LogP contribution is -2.23. The van der Waals surface area contributed by atoms with E-state index in [4.69, 9.17) is 4.52 Å². The van der Waals surface area contributed by atoms with Gasteiger partial charge in [0.15, 0.2) is 0 Å². The van der Waals surface area contributed by atoms with E-state index in [1.165, 1.54) is 0 Å². The van der Waals surface area contributed by atoms with Crippen LogP contribution in [0.5, 0.6) is 0 Å². The molecular weight excluding hydrogens is 326 g/mol. The van der Waals surface area contributed by atoms with E-state index in [1.807, 2.05) is 37.3 Å². The summed E-state index contributed by atoms with van der Waals surface area (Å²) in [6.07, 6.45) is 0.859. The summed E-state index contributed by atoms with van der Waals surface area (Å²) < 4.78 is 32.1. The van der Waals surface area contributed by atoms with Gasteiger partial charge < -0.3 is 4.52 Å². The second-order valence-corrected chi connectivity index (χ2v) is 6.97. The Labute approximate surface area is 140 Å². The molecule has 6 nitrogen and oxygen atoms in total. The highest BCUT2D eigenvalue weighted by molar-refractivity contribution is 7.89. The fourth-order valence-corrected chi connectivity index (χ4v) is 3.15. The first-order chi connectivity index (χ1) is 11.6. The van der Waals surface area contributed by atoms with Crippen LogP contribution in [0.2, 0.25) is 0 Å². The summed E-state index contributed by atoms with van der Waals surface area (Å²) in [5, 5.41) is 3.86. The number of rotatable bonds is 6. The first-order valence-electron chi connectivity index (χ1n) is 7.55. The highest BCUT2D eigenvalue weighted by Gasteiger charge is 2.16.